The summed E-state index contributed by atoms with van der Waals surface area (Å²) < 4.78 is 25.2. The largest absolute Gasteiger partial charge is 0.312 e. The van der Waals surface area contributed by atoms with Crippen LogP contribution < -0.4 is 5.32 Å². The SMILES string of the molecule is CNC(C)c1cnc(-c2cccc(C(F)F)c2)s1. The highest BCUT2D eigenvalue weighted by Gasteiger charge is 2.12. The Hall–Kier alpha value is -1.33. The summed E-state index contributed by atoms with van der Waals surface area (Å²) >= 11 is 1.52. The highest BCUT2D eigenvalue weighted by atomic mass is 32.1. The van der Waals surface area contributed by atoms with Gasteiger partial charge in [-0.05, 0) is 20.0 Å². The number of benzene rings is 1. The van der Waals surface area contributed by atoms with Crippen LogP contribution in [-0.2, 0) is 0 Å². The van der Waals surface area contributed by atoms with Crippen molar-refractivity contribution >= 4 is 11.3 Å². The Morgan fingerprint density at radius 3 is 2.78 bits per heavy atom. The second-order valence-electron chi connectivity index (χ2n) is 4.00. The van der Waals surface area contributed by atoms with Crippen molar-refractivity contribution in [2.24, 2.45) is 0 Å². The van der Waals surface area contributed by atoms with Gasteiger partial charge in [0.25, 0.3) is 6.43 Å². The van der Waals surface area contributed by atoms with Gasteiger partial charge in [0.05, 0.1) is 0 Å². The molecule has 0 radical (unpaired) electrons. The fourth-order valence-electron chi connectivity index (χ4n) is 1.57. The number of nitrogens with zero attached hydrogens (tertiary/aromatic N) is 1. The number of hydrogen-bond acceptors (Lipinski definition) is 3. The van der Waals surface area contributed by atoms with Crippen molar-refractivity contribution in [1.29, 1.82) is 0 Å². The van der Waals surface area contributed by atoms with Crippen LogP contribution in [0, 0.1) is 0 Å². The Morgan fingerprint density at radius 1 is 1.33 bits per heavy atom. The summed E-state index contributed by atoms with van der Waals surface area (Å²) in [4.78, 5) is 5.38. The Balaban J connectivity index is 2.31. The molecule has 0 saturated heterocycles. The first-order chi connectivity index (χ1) is 8.61. The third-order valence-electron chi connectivity index (χ3n) is 2.77. The second kappa shape index (κ2) is 5.54. The molecule has 1 atom stereocenters. The van der Waals surface area contributed by atoms with Gasteiger partial charge in [-0.15, -0.1) is 11.3 Å². The average molecular weight is 268 g/mol. The zero-order valence-electron chi connectivity index (χ0n) is 10.2. The van der Waals surface area contributed by atoms with Gasteiger partial charge in [0.2, 0.25) is 0 Å². The van der Waals surface area contributed by atoms with Crippen LogP contribution in [0.25, 0.3) is 10.6 Å². The van der Waals surface area contributed by atoms with Crippen LogP contribution in [0.2, 0.25) is 0 Å². The molecule has 2 rings (SSSR count). The van der Waals surface area contributed by atoms with Crippen molar-refractivity contribution < 1.29 is 8.78 Å². The third kappa shape index (κ3) is 2.73. The quantitative estimate of drug-likeness (QED) is 0.905. The summed E-state index contributed by atoms with van der Waals surface area (Å²) in [6, 6.07) is 6.59. The molecule has 0 fully saturated rings. The Kier molecular flexibility index (Phi) is 4.04. The summed E-state index contributed by atoms with van der Waals surface area (Å²) in [5, 5.41) is 3.90. The fourth-order valence-corrected chi connectivity index (χ4v) is 2.54. The molecule has 1 unspecified atom stereocenters. The average Bonchev–Trinajstić information content (AvgIpc) is 2.87. The summed E-state index contributed by atoms with van der Waals surface area (Å²) in [5.41, 5.74) is 0.776. The van der Waals surface area contributed by atoms with Crippen molar-refractivity contribution in [3.8, 4) is 10.6 Å². The normalized spacial score (nSPS) is 12.9. The molecule has 0 aliphatic heterocycles. The molecule has 18 heavy (non-hydrogen) atoms. The maximum absolute atomic E-state index is 12.6. The zero-order valence-corrected chi connectivity index (χ0v) is 11.0. The molecule has 2 aromatic rings. The summed E-state index contributed by atoms with van der Waals surface area (Å²) in [7, 11) is 1.88. The standard InChI is InChI=1S/C13H14F2N2S/c1-8(16-2)11-7-17-13(18-11)10-5-3-4-9(6-10)12(14)15/h3-8,12,16H,1-2H3. The van der Waals surface area contributed by atoms with E-state index in [1.807, 2.05) is 14.0 Å². The Labute approximate surface area is 109 Å². The van der Waals surface area contributed by atoms with Crippen LogP contribution in [0.3, 0.4) is 0 Å². The summed E-state index contributed by atoms with van der Waals surface area (Å²) in [6.45, 7) is 2.03. The highest BCUT2D eigenvalue weighted by Crippen LogP contribution is 2.30. The van der Waals surface area contributed by atoms with Gasteiger partial charge in [-0.25, -0.2) is 13.8 Å². The van der Waals surface area contributed by atoms with E-state index in [1.54, 1.807) is 18.3 Å². The minimum absolute atomic E-state index is 0.0333. The van der Waals surface area contributed by atoms with E-state index in [0.717, 1.165) is 15.4 Å². The van der Waals surface area contributed by atoms with E-state index >= 15 is 0 Å². The Bertz CT molecular complexity index is 525. The molecule has 2 nitrogen and oxygen atoms in total. The second-order valence-corrected chi connectivity index (χ2v) is 5.07. The molecular weight excluding hydrogens is 254 g/mol. The van der Waals surface area contributed by atoms with Gasteiger partial charge in [-0.1, -0.05) is 18.2 Å². The molecule has 1 N–H and O–H groups in total. The van der Waals surface area contributed by atoms with E-state index in [-0.39, 0.29) is 11.6 Å². The molecule has 1 aromatic carbocycles. The monoisotopic (exact) mass is 268 g/mol. The van der Waals surface area contributed by atoms with E-state index < -0.39 is 6.43 Å². The van der Waals surface area contributed by atoms with Crippen molar-refractivity contribution in [2.45, 2.75) is 19.4 Å². The lowest BCUT2D eigenvalue weighted by atomic mass is 10.1. The third-order valence-corrected chi connectivity index (χ3v) is 4.00. The van der Waals surface area contributed by atoms with Crippen LogP contribution in [0.4, 0.5) is 8.78 Å². The first kappa shape index (κ1) is 13.1. The van der Waals surface area contributed by atoms with Crippen LogP contribution in [0.1, 0.15) is 29.8 Å². The lowest BCUT2D eigenvalue weighted by Crippen LogP contribution is -2.10. The predicted molar refractivity (Wildman–Crippen MR) is 70.0 cm³/mol. The lowest BCUT2D eigenvalue weighted by Gasteiger charge is -2.05. The van der Waals surface area contributed by atoms with E-state index in [0.29, 0.717) is 0 Å². The first-order valence-corrected chi connectivity index (χ1v) is 6.45. The molecule has 5 heteroatoms. The summed E-state index contributed by atoms with van der Waals surface area (Å²) in [5.74, 6) is 0. The molecule has 0 amide bonds. The van der Waals surface area contributed by atoms with Crippen LogP contribution in [-0.4, -0.2) is 12.0 Å². The highest BCUT2D eigenvalue weighted by molar-refractivity contribution is 7.15. The van der Waals surface area contributed by atoms with E-state index in [9.17, 15) is 8.78 Å². The molecule has 0 saturated carbocycles. The van der Waals surface area contributed by atoms with Gasteiger partial charge in [0, 0.05) is 28.2 Å². The van der Waals surface area contributed by atoms with Gasteiger partial charge in [-0.2, -0.15) is 0 Å². The Morgan fingerprint density at radius 2 is 2.11 bits per heavy atom. The van der Waals surface area contributed by atoms with Gasteiger partial charge >= 0.3 is 0 Å². The van der Waals surface area contributed by atoms with Crippen LogP contribution in [0.5, 0.6) is 0 Å². The van der Waals surface area contributed by atoms with Crippen molar-refractivity contribution in [3.05, 3.63) is 40.9 Å². The zero-order chi connectivity index (χ0) is 13.1. The van der Waals surface area contributed by atoms with E-state index in [1.165, 1.54) is 23.5 Å². The first-order valence-electron chi connectivity index (χ1n) is 5.63. The molecule has 0 aliphatic rings. The van der Waals surface area contributed by atoms with Gasteiger partial charge in [0.15, 0.2) is 0 Å². The number of thiazole rings is 1. The van der Waals surface area contributed by atoms with Crippen LogP contribution >= 0.6 is 11.3 Å². The number of rotatable bonds is 4. The molecule has 1 heterocycles. The number of nitrogens with one attached hydrogen (secondary N) is 1. The molecule has 1 aromatic heterocycles. The molecule has 0 bridgehead atoms. The lowest BCUT2D eigenvalue weighted by molar-refractivity contribution is 0.151. The fraction of sp³-hybridized carbons (Fsp3) is 0.308. The van der Waals surface area contributed by atoms with Gasteiger partial charge in [-0.3, -0.25) is 0 Å². The van der Waals surface area contributed by atoms with Crippen molar-refractivity contribution in [3.63, 3.8) is 0 Å². The number of alkyl halides is 2. The number of hydrogen-bond donors (Lipinski definition) is 1. The van der Waals surface area contributed by atoms with Crippen molar-refractivity contribution in [2.75, 3.05) is 7.05 Å². The molecule has 96 valence electrons. The van der Waals surface area contributed by atoms with Gasteiger partial charge < -0.3 is 5.32 Å². The molecular formula is C13H14F2N2S. The van der Waals surface area contributed by atoms with E-state index in [2.05, 4.69) is 10.3 Å². The smallest absolute Gasteiger partial charge is 0.263 e. The minimum Gasteiger partial charge on any atom is -0.312 e. The van der Waals surface area contributed by atoms with Crippen LogP contribution in [0.15, 0.2) is 30.5 Å². The molecule has 0 aliphatic carbocycles. The number of aromatic nitrogens is 1. The topological polar surface area (TPSA) is 24.9 Å². The summed E-state index contributed by atoms with van der Waals surface area (Å²) in [6.07, 6.45) is -0.656. The maximum atomic E-state index is 12.6. The van der Waals surface area contributed by atoms with E-state index in [4.69, 9.17) is 0 Å². The van der Waals surface area contributed by atoms with Crippen molar-refractivity contribution in [1.82, 2.24) is 10.3 Å². The maximum Gasteiger partial charge on any atom is 0.263 e. The number of halogens is 2. The van der Waals surface area contributed by atoms with Gasteiger partial charge in [0.1, 0.15) is 5.01 Å². The predicted octanol–water partition coefficient (Wildman–Crippen LogP) is 4.03. The minimum atomic E-state index is -2.44. The molecule has 0 spiro atoms.